The fourth-order valence-electron chi connectivity index (χ4n) is 3.18. The maximum atomic E-state index is 12.6. The van der Waals surface area contributed by atoms with Crippen molar-refractivity contribution in [1.29, 1.82) is 0 Å². The molecule has 0 fully saturated rings. The Morgan fingerprint density at radius 3 is 2.22 bits per heavy atom. The SMILES string of the molecule is O=C(O)c1c(NS(=O)(=O)c2ccc(C(F)(F)F)cc2)ccc2c1CCCC2. The molecule has 0 unspecified atom stereocenters. The Hall–Kier alpha value is -2.55. The topological polar surface area (TPSA) is 83.5 Å². The van der Waals surface area contributed by atoms with Gasteiger partial charge in [0.1, 0.15) is 0 Å². The van der Waals surface area contributed by atoms with Crippen molar-refractivity contribution in [2.24, 2.45) is 0 Å². The van der Waals surface area contributed by atoms with Gasteiger partial charge in [0, 0.05) is 0 Å². The van der Waals surface area contributed by atoms with Crippen molar-refractivity contribution in [2.75, 3.05) is 4.72 Å². The first-order chi connectivity index (χ1) is 12.6. The standard InChI is InChI=1S/C18H16F3NO4S/c19-18(20,21)12-6-8-13(9-7-12)27(25,26)22-15-10-5-11-3-1-2-4-14(11)16(15)17(23)24/h5-10,22H,1-4H2,(H,23,24). The zero-order valence-corrected chi connectivity index (χ0v) is 14.8. The van der Waals surface area contributed by atoms with Crippen molar-refractivity contribution in [2.45, 2.75) is 36.8 Å². The zero-order chi connectivity index (χ0) is 19.8. The summed E-state index contributed by atoms with van der Waals surface area (Å²) in [5.41, 5.74) is 0.296. The lowest BCUT2D eigenvalue weighted by Crippen LogP contribution is -2.19. The van der Waals surface area contributed by atoms with Gasteiger partial charge in [-0.05, 0) is 67.1 Å². The molecule has 0 saturated heterocycles. The van der Waals surface area contributed by atoms with E-state index < -0.39 is 27.7 Å². The second kappa shape index (κ2) is 6.88. The molecule has 0 amide bonds. The van der Waals surface area contributed by atoms with Gasteiger partial charge in [-0.1, -0.05) is 6.07 Å². The van der Waals surface area contributed by atoms with Crippen molar-refractivity contribution >= 4 is 21.7 Å². The highest BCUT2D eigenvalue weighted by molar-refractivity contribution is 7.92. The highest BCUT2D eigenvalue weighted by atomic mass is 32.2. The summed E-state index contributed by atoms with van der Waals surface area (Å²) >= 11 is 0. The first kappa shape index (κ1) is 19.2. The number of aryl methyl sites for hydroxylation is 1. The summed E-state index contributed by atoms with van der Waals surface area (Å²) in [6, 6.07) is 6.08. The van der Waals surface area contributed by atoms with E-state index in [1.54, 1.807) is 6.07 Å². The Morgan fingerprint density at radius 2 is 1.63 bits per heavy atom. The predicted octanol–water partition coefficient (Wildman–Crippen LogP) is 4.08. The van der Waals surface area contributed by atoms with E-state index >= 15 is 0 Å². The van der Waals surface area contributed by atoms with Crippen molar-refractivity contribution in [3.8, 4) is 0 Å². The molecule has 2 aromatic rings. The Morgan fingerprint density at radius 1 is 1.00 bits per heavy atom. The molecule has 2 aromatic carbocycles. The van der Waals surface area contributed by atoms with Gasteiger partial charge in [0.15, 0.2) is 0 Å². The van der Waals surface area contributed by atoms with Crippen LogP contribution in [-0.2, 0) is 29.0 Å². The predicted molar refractivity (Wildman–Crippen MR) is 92.3 cm³/mol. The van der Waals surface area contributed by atoms with E-state index in [1.165, 1.54) is 6.07 Å². The molecule has 0 spiro atoms. The number of rotatable bonds is 4. The fraction of sp³-hybridized carbons (Fsp3) is 0.278. The number of carboxylic acids is 1. The van der Waals surface area contributed by atoms with Gasteiger partial charge in [0.05, 0.1) is 21.7 Å². The number of nitrogens with one attached hydrogen (secondary N) is 1. The fourth-order valence-corrected chi connectivity index (χ4v) is 4.26. The third-order valence-electron chi connectivity index (χ3n) is 4.48. The molecule has 3 rings (SSSR count). The average molecular weight is 399 g/mol. The van der Waals surface area contributed by atoms with Gasteiger partial charge >= 0.3 is 12.1 Å². The molecule has 0 saturated carbocycles. The lowest BCUT2D eigenvalue weighted by atomic mass is 9.87. The van der Waals surface area contributed by atoms with E-state index in [2.05, 4.69) is 4.72 Å². The third-order valence-corrected chi connectivity index (χ3v) is 5.86. The number of benzene rings is 2. The smallest absolute Gasteiger partial charge is 0.416 e. The van der Waals surface area contributed by atoms with Crippen LogP contribution in [0.1, 0.15) is 39.9 Å². The van der Waals surface area contributed by atoms with Crippen LogP contribution in [0.25, 0.3) is 0 Å². The number of carboxylic acid groups (broad SMARTS) is 1. The van der Waals surface area contributed by atoms with Crippen LogP contribution in [-0.4, -0.2) is 19.5 Å². The van der Waals surface area contributed by atoms with Crippen LogP contribution >= 0.6 is 0 Å². The number of alkyl halides is 3. The Balaban J connectivity index is 1.98. The van der Waals surface area contributed by atoms with Crippen molar-refractivity contribution in [3.05, 3.63) is 58.7 Å². The van der Waals surface area contributed by atoms with E-state index in [-0.39, 0.29) is 16.1 Å². The Kier molecular flexibility index (Phi) is 4.90. The first-order valence-electron chi connectivity index (χ1n) is 8.18. The van der Waals surface area contributed by atoms with Crippen LogP contribution in [0.3, 0.4) is 0 Å². The first-order valence-corrected chi connectivity index (χ1v) is 9.66. The van der Waals surface area contributed by atoms with E-state index in [0.717, 1.165) is 37.0 Å². The maximum Gasteiger partial charge on any atom is 0.416 e. The van der Waals surface area contributed by atoms with Gasteiger partial charge < -0.3 is 5.11 Å². The highest BCUT2D eigenvalue weighted by Gasteiger charge is 2.31. The van der Waals surface area contributed by atoms with Gasteiger partial charge in [-0.15, -0.1) is 0 Å². The summed E-state index contributed by atoms with van der Waals surface area (Å²) < 4.78 is 65.1. The molecular formula is C18H16F3NO4S. The van der Waals surface area contributed by atoms with Crippen LogP contribution in [0.15, 0.2) is 41.3 Å². The van der Waals surface area contributed by atoms with Crippen molar-refractivity contribution in [3.63, 3.8) is 0 Å². The Labute approximate surface area is 153 Å². The number of aromatic carboxylic acids is 1. The number of hydrogen-bond donors (Lipinski definition) is 2. The molecule has 0 heterocycles. The number of halogens is 3. The van der Waals surface area contributed by atoms with E-state index in [4.69, 9.17) is 0 Å². The molecular weight excluding hydrogens is 383 g/mol. The van der Waals surface area contributed by atoms with Gasteiger partial charge in [0.25, 0.3) is 10.0 Å². The van der Waals surface area contributed by atoms with Crippen LogP contribution in [0.4, 0.5) is 18.9 Å². The van der Waals surface area contributed by atoms with E-state index in [1.807, 2.05) is 0 Å². The van der Waals surface area contributed by atoms with Crippen LogP contribution < -0.4 is 4.72 Å². The van der Waals surface area contributed by atoms with Gasteiger partial charge in [-0.3, -0.25) is 4.72 Å². The summed E-state index contributed by atoms with van der Waals surface area (Å²) in [6.45, 7) is 0. The number of sulfonamides is 1. The largest absolute Gasteiger partial charge is 0.478 e. The number of carbonyl (C=O) groups is 1. The normalized spacial score (nSPS) is 14.5. The van der Waals surface area contributed by atoms with E-state index in [0.29, 0.717) is 24.1 Å². The van der Waals surface area contributed by atoms with Crippen molar-refractivity contribution in [1.82, 2.24) is 0 Å². The van der Waals surface area contributed by atoms with Crippen LogP contribution in [0.2, 0.25) is 0 Å². The quantitative estimate of drug-likeness (QED) is 0.811. The molecule has 0 bridgehead atoms. The van der Waals surface area contributed by atoms with Gasteiger partial charge in [0.2, 0.25) is 0 Å². The summed E-state index contributed by atoms with van der Waals surface area (Å²) in [4.78, 5) is 11.3. The molecule has 1 aliphatic rings. The lowest BCUT2D eigenvalue weighted by molar-refractivity contribution is -0.137. The highest BCUT2D eigenvalue weighted by Crippen LogP contribution is 2.32. The van der Waals surface area contributed by atoms with Gasteiger partial charge in [-0.2, -0.15) is 13.2 Å². The molecule has 9 heteroatoms. The van der Waals surface area contributed by atoms with Gasteiger partial charge in [-0.25, -0.2) is 13.2 Å². The molecule has 144 valence electrons. The average Bonchev–Trinajstić information content (AvgIpc) is 2.60. The van der Waals surface area contributed by atoms with Crippen LogP contribution in [0, 0.1) is 0 Å². The monoisotopic (exact) mass is 399 g/mol. The molecule has 27 heavy (non-hydrogen) atoms. The second-order valence-corrected chi connectivity index (χ2v) is 7.95. The Bertz CT molecular complexity index is 983. The van der Waals surface area contributed by atoms with Crippen molar-refractivity contribution < 1.29 is 31.5 Å². The summed E-state index contributed by atoms with van der Waals surface area (Å²) in [7, 11) is -4.24. The molecule has 1 aliphatic carbocycles. The minimum Gasteiger partial charge on any atom is -0.478 e. The maximum absolute atomic E-state index is 12.6. The number of fused-ring (bicyclic) bond motifs is 1. The minimum atomic E-state index is -4.58. The zero-order valence-electron chi connectivity index (χ0n) is 14.0. The number of anilines is 1. The summed E-state index contributed by atoms with van der Waals surface area (Å²) in [6.07, 6.45) is -1.58. The molecule has 0 aromatic heterocycles. The molecule has 0 atom stereocenters. The molecule has 0 aliphatic heterocycles. The molecule has 2 N–H and O–H groups in total. The van der Waals surface area contributed by atoms with Crippen LogP contribution in [0.5, 0.6) is 0 Å². The van der Waals surface area contributed by atoms with E-state index in [9.17, 15) is 31.5 Å². The lowest BCUT2D eigenvalue weighted by Gasteiger charge is -2.21. The third kappa shape index (κ3) is 3.92. The summed E-state index contributed by atoms with van der Waals surface area (Å²) in [5.74, 6) is -1.25. The summed E-state index contributed by atoms with van der Waals surface area (Å²) in [5, 5.41) is 9.56. The molecule has 5 nitrogen and oxygen atoms in total. The molecule has 0 radical (unpaired) electrons. The minimum absolute atomic E-state index is 0.0944. The second-order valence-electron chi connectivity index (χ2n) is 6.27. The number of hydrogen-bond acceptors (Lipinski definition) is 3.